The Morgan fingerprint density at radius 2 is 2.18 bits per heavy atom. The molecular weight excluding hydrogens is 224 g/mol. The third-order valence-corrected chi connectivity index (χ3v) is 2.60. The Morgan fingerprint density at radius 1 is 1.35 bits per heavy atom. The van der Waals surface area contributed by atoms with E-state index in [1.165, 1.54) is 6.07 Å². The van der Waals surface area contributed by atoms with Gasteiger partial charge in [0.1, 0.15) is 0 Å². The molecule has 3 nitrogen and oxygen atoms in total. The lowest BCUT2D eigenvalue weighted by molar-refractivity contribution is 0.500. The van der Waals surface area contributed by atoms with Crippen LogP contribution in [0.1, 0.15) is 24.2 Å². The second kappa shape index (κ2) is 5.05. The van der Waals surface area contributed by atoms with Crippen molar-refractivity contribution >= 4 is 0 Å². The summed E-state index contributed by atoms with van der Waals surface area (Å²) < 4.78 is 25.8. The van der Waals surface area contributed by atoms with Gasteiger partial charge in [-0.2, -0.15) is 0 Å². The van der Waals surface area contributed by atoms with E-state index in [4.69, 9.17) is 0 Å². The molecule has 1 aromatic heterocycles. The zero-order valence-corrected chi connectivity index (χ0v) is 9.37. The quantitative estimate of drug-likeness (QED) is 0.857. The van der Waals surface area contributed by atoms with Gasteiger partial charge in [-0.15, -0.1) is 0 Å². The van der Waals surface area contributed by atoms with Crippen molar-refractivity contribution in [2.75, 3.05) is 0 Å². The number of aromatic amines is 1. The van der Waals surface area contributed by atoms with Crippen molar-refractivity contribution in [2.24, 2.45) is 0 Å². The van der Waals surface area contributed by atoms with Gasteiger partial charge in [0.2, 0.25) is 0 Å². The summed E-state index contributed by atoms with van der Waals surface area (Å²) in [6.07, 6.45) is 3.31. The highest BCUT2D eigenvalue weighted by Crippen LogP contribution is 2.16. The van der Waals surface area contributed by atoms with Gasteiger partial charge in [0.15, 0.2) is 11.6 Å². The monoisotopic (exact) mass is 237 g/mol. The number of nitrogens with one attached hydrogen (secondary N) is 2. The van der Waals surface area contributed by atoms with Gasteiger partial charge in [-0.25, -0.2) is 13.8 Å². The number of aromatic nitrogens is 2. The fraction of sp³-hybridized carbons (Fsp3) is 0.250. The van der Waals surface area contributed by atoms with Crippen LogP contribution in [-0.2, 0) is 6.54 Å². The van der Waals surface area contributed by atoms with E-state index in [0.717, 1.165) is 11.8 Å². The van der Waals surface area contributed by atoms with Crippen molar-refractivity contribution in [3.8, 4) is 0 Å². The van der Waals surface area contributed by atoms with E-state index in [1.54, 1.807) is 18.6 Å². The summed E-state index contributed by atoms with van der Waals surface area (Å²) >= 11 is 0. The predicted molar refractivity (Wildman–Crippen MR) is 60.2 cm³/mol. The molecule has 1 heterocycles. The number of benzene rings is 1. The smallest absolute Gasteiger partial charge is 0.159 e. The molecule has 0 aliphatic carbocycles. The van der Waals surface area contributed by atoms with Gasteiger partial charge in [-0.3, -0.25) is 0 Å². The van der Waals surface area contributed by atoms with Crippen molar-refractivity contribution < 1.29 is 8.78 Å². The Labute approximate surface area is 97.9 Å². The number of nitrogens with zero attached hydrogens (tertiary/aromatic N) is 1. The Hall–Kier alpha value is -1.75. The van der Waals surface area contributed by atoms with Gasteiger partial charge in [0.25, 0.3) is 0 Å². The van der Waals surface area contributed by atoms with E-state index in [-0.39, 0.29) is 6.04 Å². The first-order valence-corrected chi connectivity index (χ1v) is 5.32. The summed E-state index contributed by atoms with van der Waals surface area (Å²) in [6.45, 7) is 2.49. The Morgan fingerprint density at radius 3 is 2.82 bits per heavy atom. The van der Waals surface area contributed by atoms with Gasteiger partial charge >= 0.3 is 0 Å². The topological polar surface area (TPSA) is 40.7 Å². The normalized spacial score (nSPS) is 12.6. The number of hydrogen-bond donors (Lipinski definition) is 2. The summed E-state index contributed by atoms with van der Waals surface area (Å²) in [5, 5.41) is 3.19. The number of imidazole rings is 1. The molecule has 2 rings (SSSR count). The molecule has 1 unspecified atom stereocenters. The predicted octanol–water partition coefficient (Wildman–Crippen LogP) is 2.54. The Kier molecular flexibility index (Phi) is 3.49. The van der Waals surface area contributed by atoms with Gasteiger partial charge in [-0.05, 0) is 24.6 Å². The van der Waals surface area contributed by atoms with Gasteiger partial charge < -0.3 is 10.3 Å². The summed E-state index contributed by atoms with van der Waals surface area (Å²) in [7, 11) is 0. The van der Waals surface area contributed by atoms with Crippen LogP contribution in [0.15, 0.2) is 30.7 Å². The summed E-state index contributed by atoms with van der Waals surface area (Å²) in [5.41, 5.74) is 1.66. The van der Waals surface area contributed by atoms with Crippen molar-refractivity contribution in [3.63, 3.8) is 0 Å². The van der Waals surface area contributed by atoms with Crippen molar-refractivity contribution in [1.82, 2.24) is 15.3 Å². The molecule has 1 atom stereocenters. The van der Waals surface area contributed by atoms with Gasteiger partial charge in [-0.1, -0.05) is 6.07 Å². The van der Waals surface area contributed by atoms with Crippen LogP contribution in [-0.4, -0.2) is 9.97 Å². The van der Waals surface area contributed by atoms with E-state index in [9.17, 15) is 8.78 Å². The molecule has 0 saturated heterocycles. The highest BCUT2D eigenvalue weighted by Gasteiger charge is 2.08. The standard InChI is InChI=1S/C12H13F2N3/c1-8(16-6-10-5-15-7-17-10)9-2-3-11(13)12(14)4-9/h2-5,7-8,16H,6H2,1H3,(H,15,17). The molecule has 0 saturated carbocycles. The third kappa shape index (κ3) is 2.88. The Balaban J connectivity index is 1.99. The number of H-pyrrole nitrogens is 1. The van der Waals surface area contributed by atoms with E-state index >= 15 is 0 Å². The summed E-state index contributed by atoms with van der Waals surface area (Å²) in [4.78, 5) is 6.85. The van der Waals surface area contributed by atoms with E-state index < -0.39 is 11.6 Å². The lowest BCUT2D eigenvalue weighted by atomic mass is 10.1. The van der Waals surface area contributed by atoms with Crippen LogP contribution in [0.5, 0.6) is 0 Å². The average Bonchev–Trinajstić information content (AvgIpc) is 2.82. The minimum Gasteiger partial charge on any atom is -0.347 e. The summed E-state index contributed by atoms with van der Waals surface area (Å²) in [6, 6.07) is 3.86. The van der Waals surface area contributed by atoms with Gasteiger partial charge in [0, 0.05) is 24.5 Å². The summed E-state index contributed by atoms with van der Waals surface area (Å²) in [5.74, 6) is -1.65. The minimum atomic E-state index is -0.825. The molecule has 0 aliphatic rings. The SMILES string of the molecule is CC(NCc1cnc[nH]1)c1ccc(F)c(F)c1. The molecule has 2 aromatic rings. The number of halogens is 2. The lowest BCUT2D eigenvalue weighted by Crippen LogP contribution is -2.18. The maximum absolute atomic E-state index is 13.0. The fourth-order valence-corrected chi connectivity index (χ4v) is 1.54. The zero-order valence-electron chi connectivity index (χ0n) is 9.37. The zero-order chi connectivity index (χ0) is 12.3. The Bertz CT molecular complexity index is 483. The van der Waals surface area contributed by atoms with Crippen LogP contribution in [0, 0.1) is 11.6 Å². The first-order chi connectivity index (χ1) is 8.16. The maximum atomic E-state index is 13.0. The molecule has 90 valence electrons. The van der Waals surface area contributed by atoms with Crippen LogP contribution in [0.3, 0.4) is 0 Å². The molecule has 0 amide bonds. The van der Waals surface area contributed by atoms with E-state index in [0.29, 0.717) is 12.1 Å². The molecular formula is C12H13F2N3. The van der Waals surface area contributed by atoms with E-state index in [2.05, 4.69) is 15.3 Å². The van der Waals surface area contributed by atoms with Crippen molar-refractivity contribution in [1.29, 1.82) is 0 Å². The molecule has 0 radical (unpaired) electrons. The molecule has 0 bridgehead atoms. The molecule has 0 aliphatic heterocycles. The third-order valence-electron chi connectivity index (χ3n) is 2.60. The number of rotatable bonds is 4. The average molecular weight is 237 g/mol. The van der Waals surface area contributed by atoms with Crippen molar-refractivity contribution in [3.05, 3.63) is 53.6 Å². The van der Waals surface area contributed by atoms with Crippen LogP contribution in [0.4, 0.5) is 8.78 Å². The first-order valence-electron chi connectivity index (χ1n) is 5.32. The van der Waals surface area contributed by atoms with Crippen LogP contribution < -0.4 is 5.32 Å². The highest BCUT2D eigenvalue weighted by molar-refractivity contribution is 5.20. The largest absolute Gasteiger partial charge is 0.347 e. The van der Waals surface area contributed by atoms with Gasteiger partial charge in [0.05, 0.1) is 6.33 Å². The fourth-order valence-electron chi connectivity index (χ4n) is 1.54. The number of hydrogen-bond acceptors (Lipinski definition) is 2. The minimum absolute atomic E-state index is 0.0617. The van der Waals surface area contributed by atoms with Crippen molar-refractivity contribution in [2.45, 2.75) is 19.5 Å². The van der Waals surface area contributed by atoms with E-state index in [1.807, 2.05) is 6.92 Å². The second-order valence-electron chi connectivity index (χ2n) is 3.85. The highest BCUT2D eigenvalue weighted by atomic mass is 19.2. The molecule has 2 N–H and O–H groups in total. The second-order valence-corrected chi connectivity index (χ2v) is 3.85. The first kappa shape index (κ1) is 11.7. The molecule has 0 fully saturated rings. The van der Waals surface area contributed by atoms with Crippen LogP contribution >= 0.6 is 0 Å². The molecule has 1 aromatic carbocycles. The molecule has 0 spiro atoms. The molecule has 17 heavy (non-hydrogen) atoms. The molecule has 5 heteroatoms. The van der Waals surface area contributed by atoms with Crippen LogP contribution in [0.2, 0.25) is 0 Å². The maximum Gasteiger partial charge on any atom is 0.159 e. The van der Waals surface area contributed by atoms with Crippen LogP contribution in [0.25, 0.3) is 0 Å². The lowest BCUT2D eigenvalue weighted by Gasteiger charge is -2.13.